The normalized spacial score (nSPS) is 6.46. The molecule has 0 heterocycles. The molecule has 0 saturated heterocycles. The Morgan fingerprint density at radius 3 is 1.08 bits per heavy atom. The molecule has 0 unspecified atom stereocenters. The Hall–Kier alpha value is 4.15. The van der Waals surface area contributed by atoms with E-state index in [2.05, 4.69) is 0 Å². The van der Waals surface area contributed by atoms with Crippen molar-refractivity contribution in [2.24, 2.45) is 0 Å². The number of hydrogen-bond acceptors (Lipinski definition) is 2. The third kappa shape index (κ3) is 188. The van der Waals surface area contributed by atoms with Crippen LogP contribution in [0.15, 0.2) is 0 Å². The molecule has 4 N–H and O–H groups in total. The van der Waals surface area contributed by atoms with E-state index in [1.165, 1.54) is 0 Å². The van der Waals surface area contributed by atoms with Crippen molar-refractivity contribution in [3.8, 4) is 0 Å². The molecule has 0 spiro atoms. The Bertz CT molecular complexity index is 126. The number of aliphatic carboxylic acids is 1. The minimum absolute atomic E-state index is 0. The minimum atomic E-state index is -4.64. The molecule has 0 aromatic carbocycles. The van der Waals surface area contributed by atoms with Crippen molar-refractivity contribution < 1.29 is 29.1 Å². The van der Waals surface area contributed by atoms with Crippen LogP contribution in [0.1, 0.15) is 6.92 Å². The monoisotopic (exact) mass is 370 g/mol. The first-order valence-electron chi connectivity index (χ1n) is 1.71. The first-order chi connectivity index (χ1) is 3.73. The van der Waals surface area contributed by atoms with Gasteiger partial charge in [0.1, 0.15) is 0 Å². The molecule has 0 aliphatic rings. The maximum absolute atomic E-state index is 9.00. The van der Waals surface area contributed by atoms with Gasteiger partial charge in [0.2, 0.25) is 0 Å². The van der Waals surface area contributed by atoms with Crippen LogP contribution in [0.25, 0.3) is 0 Å². The van der Waals surface area contributed by atoms with Gasteiger partial charge in [-0.3, -0.25) is 4.79 Å². The zero-order valence-electron chi connectivity index (χ0n) is 4.55. The Kier molecular flexibility index (Phi) is 59.3. The van der Waals surface area contributed by atoms with E-state index in [1.807, 2.05) is 0 Å². The van der Waals surface area contributed by atoms with E-state index < -0.39 is 13.8 Å². The van der Waals surface area contributed by atoms with Crippen LogP contribution in [0.5, 0.6) is 0 Å². The van der Waals surface area contributed by atoms with Crippen LogP contribution in [-0.4, -0.2) is 163 Å². The Labute approximate surface area is 183 Å². The van der Waals surface area contributed by atoms with Crippen LogP contribution in [0.4, 0.5) is 0 Å². The number of carbonyl (C=O) groups is 1. The molecule has 0 bridgehead atoms. The van der Waals surface area contributed by atoms with Crippen molar-refractivity contribution >= 4 is 151 Å². The molecule has 66 valence electrons. The van der Waals surface area contributed by atoms with Crippen molar-refractivity contribution in [1.29, 1.82) is 0 Å². The van der Waals surface area contributed by atoms with Crippen molar-refractivity contribution in [2.75, 3.05) is 0 Å². The Morgan fingerprint density at radius 2 is 1.08 bits per heavy atom. The maximum atomic E-state index is 9.00. The van der Waals surface area contributed by atoms with Gasteiger partial charge in [0, 0.05) is 6.92 Å². The average molecular weight is 369 g/mol. The van der Waals surface area contributed by atoms with E-state index in [0.717, 1.165) is 6.92 Å². The number of carboxylic acids is 1. The number of phosphoric acid groups is 1. The number of hydrogen-bond donors (Lipinski definition) is 4. The van der Waals surface area contributed by atoms with Crippen molar-refractivity contribution in [1.82, 2.24) is 0 Å². The van der Waals surface area contributed by atoms with E-state index in [1.54, 1.807) is 0 Å². The van der Waals surface area contributed by atoms with Crippen LogP contribution < -0.4 is 0 Å². The molecule has 0 radical (unpaired) electrons. The zero-order valence-corrected chi connectivity index (χ0v) is 5.45. The number of carboxylic acid groups (broad SMARTS) is 1. The third-order valence-electron chi connectivity index (χ3n) is 0. The fourth-order valence-electron chi connectivity index (χ4n) is 0. The summed E-state index contributed by atoms with van der Waals surface area (Å²) in [4.78, 5) is 30.6. The molecule has 0 aliphatic heterocycles. The summed E-state index contributed by atoms with van der Waals surface area (Å²) in [6, 6.07) is 0. The van der Waals surface area contributed by atoms with Crippen molar-refractivity contribution in [3.05, 3.63) is 0 Å². The summed E-state index contributed by atoms with van der Waals surface area (Å²) in [5.74, 6) is -0.833. The summed E-state index contributed by atoms with van der Waals surface area (Å²) in [7, 11) is -4.64. The molecule has 0 aromatic heterocycles. The van der Waals surface area contributed by atoms with E-state index in [0.29, 0.717) is 0 Å². The van der Waals surface area contributed by atoms with Gasteiger partial charge in [-0.15, -0.1) is 0 Å². The quantitative estimate of drug-likeness (QED) is 0.258. The van der Waals surface area contributed by atoms with Crippen LogP contribution in [0, 0.1) is 0 Å². The van der Waals surface area contributed by atoms with Gasteiger partial charge in [0.25, 0.3) is 5.97 Å². The SMILES string of the molecule is CC(=O)O.O=P(O)(O)O.[BaH2].[NaH].[NaH].[NaH]. The van der Waals surface area contributed by atoms with Crippen LogP contribution >= 0.6 is 7.82 Å². The van der Waals surface area contributed by atoms with Crippen LogP contribution in [0.3, 0.4) is 0 Å². The molecule has 0 fully saturated rings. The molecule has 13 heavy (non-hydrogen) atoms. The molecule has 0 rings (SSSR count). The van der Waals surface area contributed by atoms with Gasteiger partial charge in [0.05, 0.1) is 0 Å². The van der Waals surface area contributed by atoms with Crippen LogP contribution in [0.2, 0.25) is 0 Å². The molecular weight excluding hydrogens is 357 g/mol. The van der Waals surface area contributed by atoms with Gasteiger partial charge >= 0.3 is 145 Å². The van der Waals surface area contributed by atoms with E-state index in [4.69, 9.17) is 29.1 Å². The summed E-state index contributed by atoms with van der Waals surface area (Å²) in [6.07, 6.45) is 0. The van der Waals surface area contributed by atoms with Crippen molar-refractivity contribution in [2.45, 2.75) is 6.92 Å². The fraction of sp³-hybridized carbons (Fsp3) is 0.500. The van der Waals surface area contributed by atoms with Gasteiger partial charge in [-0.05, 0) is 0 Å². The van der Waals surface area contributed by atoms with Gasteiger partial charge in [0.15, 0.2) is 0 Å². The van der Waals surface area contributed by atoms with Gasteiger partial charge in [-0.1, -0.05) is 0 Å². The summed E-state index contributed by atoms with van der Waals surface area (Å²) in [5, 5.41) is 7.42. The average Bonchev–Trinajstić information content (AvgIpc) is 1.19. The van der Waals surface area contributed by atoms with E-state index in [-0.39, 0.29) is 138 Å². The van der Waals surface area contributed by atoms with E-state index >= 15 is 0 Å². The predicted molar refractivity (Wildman–Crippen MR) is 57.6 cm³/mol. The molecule has 6 nitrogen and oxygen atoms in total. The van der Waals surface area contributed by atoms with Crippen LogP contribution in [-0.2, 0) is 9.36 Å². The molecule has 0 aliphatic carbocycles. The summed E-state index contributed by atoms with van der Waals surface area (Å²) in [6.45, 7) is 1.08. The first kappa shape index (κ1) is 36.0. The molecular formula is C2H12BaNa3O6P. The second kappa shape index (κ2) is 21.4. The Morgan fingerprint density at radius 1 is 1.08 bits per heavy atom. The van der Waals surface area contributed by atoms with Gasteiger partial charge < -0.3 is 19.8 Å². The molecule has 11 heteroatoms. The predicted octanol–water partition coefficient (Wildman–Crippen LogP) is -3.70. The second-order valence-corrected chi connectivity index (χ2v) is 2.06. The van der Waals surface area contributed by atoms with Gasteiger partial charge in [-0.25, -0.2) is 4.57 Å². The number of rotatable bonds is 0. The topological polar surface area (TPSA) is 115 Å². The Balaban J connectivity index is -0.0000000146. The fourth-order valence-corrected chi connectivity index (χ4v) is 0. The van der Waals surface area contributed by atoms with E-state index in [9.17, 15) is 0 Å². The summed E-state index contributed by atoms with van der Waals surface area (Å²) in [5.41, 5.74) is 0. The first-order valence-corrected chi connectivity index (χ1v) is 3.28. The molecule has 0 saturated carbocycles. The van der Waals surface area contributed by atoms with Gasteiger partial charge in [-0.2, -0.15) is 0 Å². The third-order valence-corrected chi connectivity index (χ3v) is 0. The van der Waals surface area contributed by atoms with Crippen molar-refractivity contribution in [3.63, 3.8) is 0 Å². The summed E-state index contributed by atoms with van der Waals surface area (Å²) >= 11 is 0. The molecule has 0 amide bonds. The summed E-state index contributed by atoms with van der Waals surface area (Å²) < 4.78 is 8.88. The zero-order chi connectivity index (χ0) is 8.08. The second-order valence-electron chi connectivity index (χ2n) is 1.03. The molecule has 0 atom stereocenters. The molecule has 0 aromatic rings. The standard InChI is InChI=1S/C2H4O2.Ba.3Na.H3O4P.5H/c1-2(3)4;;;;;1-5(2,3)4;;;;;/h1H3,(H,3,4);;;;;(H3,1,2,3,4);;;;;.